The highest BCUT2D eigenvalue weighted by Crippen LogP contribution is 2.17. The number of non-ortho nitro benzene ring substituents is 1. The summed E-state index contributed by atoms with van der Waals surface area (Å²) in [7, 11) is 0. The number of ether oxygens (including phenoxy) is 9. The Balaban J connectivity index is 1.20. The fourth-order valence-electron chi connectivity index (χ4n) is 3.04. The number of nitro groups is 1. The molecule has 0 amide bonds. The Bertz CT molecular complexity index is 855. The van der Waals surface area contributed by atoms with Gasteiger partial charge >= 0.3 is 0 Å². The van der Waals surface area contributed by atoms with Gasteiger partial charge in [0.1, 0.15) is 24.7 Å². The molecule has 0 aromatic heterocycles. The van der Waals surface area contributed by atoms with Gasteiger partial charge in [-0.1, -0.05) is 18.2 Å². The Kier molecular flexibility index (Phi) is 20.0. The zero-order valence-electron chi connectivity index (χ0n) is 22.9. The number of nitrogens with zero attached hydrogens (tertiary/aromatic N) is 1. The molecule has 2 aromatic rings. The maximum Gasteiger partial charge on any atom is 0.269 e. The molecule has 0 unspecified atom stereocenters. The van der Waals surface area contributed by atoms with Gasteiger partial charge in [0.05, 0.1) is 97.4 Å². The lowest BCUT2D eigenvalue weighted by atomic mass is 10.3. The Morgan fingerprint density at radius 2 is 0.725 bits per heavy atom. The number of nitro benzene ring substituents is 1. The average molecular weight is 568 g/mol. The van der Waals surface area contributed by atoms with E-state index in [2.05, 4.69) is 0 Å². The van der Waals surface area contributed by atoms with Gasteiger partial charge < -0.3 is 42.6 Å². The monoisotopic (exact) mass is 567 g/mol. The van der Waals surface area contributed by atoms with Gasteiger partial charge in [-0.2, -0.15) is 0 Å². The van der Waals surface area contributed by atoms with E-state index in [4.69, 9.17) is 42.6 Å². The van der Waals surface area contributed by atoms with Crippen LogP contribution in [0.4, 0.5) is 5.69 Å². The summed E-state index contributed by atoms with van der Waals surface area (Å²) in [5.74, 6) is 1.40. The standard InChI is InChI=1S/C28H41NO11/c30-29(31)26-6-8-28(9-7-26)40-25-23-38-21-19-36-17-15-34-13-11-32-10-12-33-14-16-35-18-20-37-22-24-39-27-4-2-1-3-5-27/h1-9H,10-25H2. The molecule has 0 radical (unpaired) electrons. The highest BCUT2D eigenvalue weighted by Gasteiger charge is 2.04. The lowest BCUT2D eigenvalue weighted by molar-refractivity contribution is -0.384. The zero-order chi connectivity index (χ0) is 28.4. The first-order chi connectivity index (χ1) is 19.8. The van der Waals surface area contributed by atoms with E-state index in [9.17, 15) is 10.1 Å². The van der Waals surface area contributed by atoms with Gasteiger partial charge in [0.2, 0.25) is 0 Å². The fraction of sp³-hybridized carbons (Fsp3) is 0.571. The van der Waals surface area contributed by atoms with Gasteiger partial charge in [-0.15, -0.1) is 0 Å². The van der Waals surface area contributed by atoms with Crippen LogP contribution >= 0.6 is 0 Å². The maximum absolute atomic E-state index is 10.6. The Morgan fingerprint density at radius 1 is 0.425 bits per heavy atom. The first kappa shape index (κ1) is 33.4. The topological polar surface area (TPSA) is 126 Å². The molecule has 0 bridgehead atoms. The number of benzene rings is 2. The van der Waals surface area contributed by atoms with E-state index < -0.39 is 4.92 Å². The van der Waals surface area contributed by atoms with Gasteiger partial charge in [0.15, 0.2) is 0 Å². The molecule has 224 valence electrons. The van der Waals surface area contributed by atoms with E-state index in [-0.39, 0.29) is 5.69 Å². The third-order valence-electron chi connectivity index (χ3n) is 5.02. The number of hydrogen-bond acceptors (Lipinski definition) is 11. The van der Waals surface area contributed by atoms with Crippen LogP contribution in [-0.4, -0.2) is 111 Å². The van der Waals surface area contributed by atoms with Crippen molar-refractivity contribution in [2.24, 2.45) is 0 Å². The summed E-state index contributed by atoms with van der Waals surface area (Å²) in [6, 6.07) is 15.6. The normalized spacial score (nSPS) is 11.0. The van der Waals surface area contributed by atoms with Gasteiger partial charge in [0.25, 0.3) is 5.69 Å². The van der Waals surface area contributed by atoms with Crippen molar-refractivity contribution < 1.29 is 47.6 Å². The van der Waals surface area contributed by atoms with Gasteiger partial charge in [0, 0.05) is 12.1 Å². The molecule has 2 rings (SSSR count). The van der Waals surface area contributed by atoms with Crippen LogP contribution in [0.15, 0.2) is 54.6 Å². The number of rotatable bonds is 27. The highest BCUT2D eigenvalue weighted by atomic mass is 16.6. The van der Waals surface area contributed by atoms with E-state index in [0.717, 1.165) is 5.75 Å². The molecule has 0 aliphatic heterocycles. The molecular formula is C28H41NO11. The second kappa shape index (κ2) is 24.0. The van der Waals surface area contributed by atoms with Crippen LogP contribution in [0.3, 0.4) is 0 Å². The molecule has 40 heavy (non-hydrogen) atoms. The van der Waals surface area contributed by atoms with Crippen molar-refractivity contribution in [1.29, 1.82) is 0 Å². The van der Waals surface area contributed by atoms with Crippen molar-refractivity contribution in [3.63, 3.8) is 0 Å². The number of hydrogen-bond donors (Lipinski definition) is 0. The van der Waals surface area contributed by atoms with Gasteiger partial charge in [-0.05, 0) is 24.3 Å². The lowest BCUT2D eigenvalue weighted by Gasteiger charge is -2.09. The second-order valence-corrected chi connectivity index (χ2v) is 8.05. The Hall–Kier alpha value is -2.84. The van der Waals surface area contributed by atoms with Crippen LogP contribution in [0.25, 0.3) is 0 Å². The van der Waals surface area contributed by atoms with Crippen LogP contribution in [-0.2, 0) is 33.2 Å². The maximum atomic E-state index is 10.6. The van der Waals surface area contributed by atoms with Crippen molar-refractivity contribution in [3.8, 4) is 11.5 Å². The average Bonchev–Trinajstić information content (AvgIpc) is 2.98. The van der Waals surface area contributed by atoms with E-state index in [1.807, 2.05) is 30.3 Å². The SMILES string of the molecule is O=[N+]([O-])c1ccc(OCCOCCOCCOCCOCCOCCOCCOCCOc2ccccc2)cc1. The predicted molar refractivity (Wildman–Crippen MR) is 146 cm³/mol. The van der Waals surface area contributed by atoms with E-state index in [1.165, 1.54) is 12.1 Å². The number of para-hydroxylation sites is 1. The Morgan fingerprint density at radius 3 is 1.05 bits per heavy atom. The molecular weight excluding hydrogens is 526 g/mol. The van der Waals surface area contributed by atoms with Gasteiger partial charge in [-0.3, -0.25) is 10.1 Å². The Labute approximate surface area is 235 Å². The molecule has 0 N–H and O–H groups in total. The van der Waals surface area contributed by atoms with Crippen molar-refractivity contribution in [2.75, 3.05) is 106 Å². The van der Waals surface area contributed by atoms with E-state index in [1.54, 1.807) is 12.1 Å². The summed E-state index contributed by atoms with van der Waals surface area (Å²) in [6.07, 6.45) is 0. The molecule has 12 nitrogen and oxygen atoms in total. The molecule has 0 saturated carbocycles. The van der Waals surface area contributed by atoms with Crippen molar-refractivity contribution in [3.05, 3.63) is 64.7 Å². The molecule has 0 spiro atoms. The van der Waals surface area contributed by atoms with E-state index >= 15 is 0 Å². The van der Waals surface area contributed by atoms with Crippen molar-refractivity contribution >= 4 is 5.69 Å². The molecule has 2 aromatic carbocycles. The third-order valence-corrected chi connectivity index (χ3v) is 5.02. The molecule has 0 aliphatic rings. The van der Waals surface area contributed by atoms with E-state index in [0.29, 0.717) is 111 Å². The molecule has 0 saturated heterocycles. The first-order valence-corrected chi connectivity index (χ1v) is 13.3. The second-order valence-electron chi connectivity index (χ2n) is 8.05. The lowest BCUT2D eigenvalue weighted by Crippen LogP contribution is -2.15. The van der Waals surface area contributed by atoms with Crippen molar-refractivity contribution in [2.45, 2.75) is 0 Å². The van der Waals surface area contributed by atoms with Crippen LogP contribution in [0, 0.1) is 10.1 Å². The van der Waals surface area contributed by atoms with Crippen molar-refractivity contribution in [1.82, 2.24) is 0 Å². The fourth-order valence-corrected chi connectivity index (χ4v) is 3.04. The van der Waals surface area contributed by atoms with Crippen LogP contribution < -0.4 is 9.47 Å². The molecule has 0 aliphatic carbocycles. The highest BCUT2D eigenvalue weighted by molar-refractivity contribution is 5.35. The summed E-state index contributed by atoms with van der Waals surface area (Å²) >= 11 is 0. The molecule has 12 heteroatoms. The van der Waals surface area contributed by atoms with Crippen LogP contribution in [0.1, 0.15) is 0 Å². The summed E-state index contributed by atoms with van der Waals surface area (Å²) in [4.78, 5) is 10.2. The van der Waals surface area contributed by atoms with Gasteiger partial charge in [-0.25, -0.2) is 0 Å². The quantitative estimate of drug-likeness (QED) is 0.0897. The summed E-state index contributed by atoms with van der Waals surface area (Å²) in [5, 5.41) is 10.6. The minimum Gasteiger partial charge on any atom is -0.491 e. The minimum absolute atomic E-state index is 0.0280. The first-order valence-electron chi connectivity index (χ1n) is 13.3. The smallest absolute Gasteiger partial charge is 0.269 e. The largest absolute Gasteiger partial charge is 0.491 e. The molecule has 0 atom stereocenters. The summed E-state index contributed by atoms with van der Waals surface area (Å²) in [5.41, 5.74) is 0.0280. The summed E-state index contributed by atoms with van der Waals surface area (Å²) < 4.78 is 49.1. The molecule has 0 fully saturated rings. The zero-order valence-corrected chi connectivity index (χ0v) is 22.9. The predicted octanol–water partition coefficient (Wildman–Crippen LogP) is 3.17. The third kappa shape index (κ3) is 18.4. The van der Waals surface area contributed by atoms with Crippen LogP contribution in [0.2, 0.25) is 0 Å². The summed E-state index contributed by atoms with van der Waals surface area (Å²) in [6.45, 7) is 7.63. The molecule has 0 heterocycles. The minimum atomic E-state index is -0.451. The van der Waals surface area contributed by atoms with Crippen LogP contribution in [0.5, 0.6) is 11.5 Å².